The van der Waals surface area contributed by atoms with Crippen molar-refractivity contribution in [3.8, 4) is 0 Å². The maximum absolute atomic E-state index is 11.9. The fourth-order valence-corrected chi connectivity index (χ4v) is 5.02. The lowest BCUT2D eigenvalue weighted by Gasteiger charge is -2.66. The number of hydrogen-bond acceptors (Lipinski definition) is 10. The number of nitrogens with zero attached hydrogens (tertiary/aromatic N) is 4. The zero-order valence-electron chi connectivity index (χ0n) is 14.6. The molecule has 4 rings (SSSR count). The van der Waals surface area contributed by atoms with Gasteiger partial charge in [0, 0.05) is 9.85 Å². The van der Waals surface area contributed by atoms with E-state index in [1.807, 2.05) is 0 Å². The fourth-order valence-electron chi connectivity index (χ4n) is 5.02. The summed E-state index contributed by atoms with van der Waals surface area (Å²) in [6.07, 6.45) is -5.74. The van der Waals surface area contributed by atoms with E-state index in [0.29, 0.717) is 0 Å². The highest BCUT2D eigenvalue weighted by Gasteiger charge is 2.82. The highest BCUT2D eigenvalue weighted by molar-refractivity contribution is 5.22. The number of piperidine rings is 2. The molecule has 0 unspecified atom stereocenters. The summed E-state index contributed by atoms with van der Waals surface area (Å²) >= 11 is 0. The molecule has 0 aromatic carbocycles. The van der Waals surface area contributed by atoms with Gasteiger partial charge in [0.2, 0.25) is 0 Å². The largest absolute Gasteiger partial charge is 0.394 e. The normalized spacial score (nSPS) is 43.7. The Morgan fingerprint density at radius 1 is 1.00 bits per heavy atom. The highest BCUT2D eigenvalue weighted by Crippen LogP contribution is 2.56. The Hall–Kier alpha value is -1.44. The number of aliphatic hydroxyl groups excluding tert-OH is 4. The number of hydrogen-bond donors (Lipinski definition) is 4. The fraction of sp³-hybridized carbons (Fsp3) is 1.00. The van der Waals surface area contributed by atoms with E-state index < -0.39 is 57.4 Å². The second-order valence-corrected chi connectivity index (χ2v) is 8.16. The van der Waals surface area contributed by atoms with Gasteiger partial charge in [-0.25, -0.2) is 0 Å². The zero-order valence-corrected chi connectivity index (χ0v) is 14.6. The summed E-state index contributed by atoms with van der Waals surface area (Å²) in [7, 11) is 0. The molecule has 26 heavy (non-hydrogen) atoms. The maximum atomic E-state index is 11.9. The van der Waals surface area contributed by atoms with Gasteiger partial charge in [0.1, 0.15) is 23.7 Å². The average molecular weight is 376 g/mol. The van der Waals surface area contributed by atoms with Crippen LogP contribution in [0.25, 0.3) is 0 Å². The first-order chi connectivity index (χ1) is 11.9. The molecule has 0 amide bonds. The van der Waals surface area contributed by atoms with Gasteiger partial charge in [0.25, 0.3) is 11.1 Å². The van der Waals surface area contributed by atoms with Gasteiger partial charge in [-0.05, 0) is 13.8 Å². The first kappa shape index (κ1) is 19.3. The average Bonchev–Trinajstić information content (AvgIpc) is 2.56. The number of nitro groups is 2. The summed E-state index contributed by atoms with van der Waals surface area (Å²) in [6.45, 7) is 1.90. The monoisotopic (exact) mass is 376 g/mol. The molecule has 12 nitrogen and oxygen atoms in total. The molecule has 4 aliphatic rings. The van der Waals surface area contributed by atoms with E-state index in [2.05, 4.69) is 0 Å². The number of aliphatic hydroxyl groups is 4. The number of rotatable bonds is 6. The topological polar surface area (TPSA) is 174 Å². The van der Waals surface area contributed by atoms with Crippen molar-refractivity contribution in [3.63, 3.8) is 0 Å². The van der Waals surface area contributed by atoms with Crippen molar-refractivity contribution >= 4 is 0 Å². The van der Waals surface area contributed by atoms with E-state index in [9.17, 15) is 35.5 Å². The molecular weight excluding hydrogens is 352 g/mol. The van der Waals surface area contributed by atoms with Crippen LogP contribution in [0.5, 0.6) is 0 Å². The van der Waals surface area contributed by atoms with Crippen molar-refractivity contribution in [1.82, 2.24) is 9.80 Å². The van der Waals surface area contributed by atoms with E-state index in [1.54, 1.807) is 13.8 Å². The molecule has 4 aliphatic heterocycles. The summed E-state index contributed by atoms with van der Waals surface area (Å²) in [5, 5.41) is 63.0. The molecule has 0 saturated carbocycles. The van der Waals surface area contributed by atoms with E-state index in [-0.39, 0.29) is 26.2 Å². The van der Waals surface area contributed by atoms with Gasteiger partial charge in [-0.1, -0.05) is 0 Å². The van der Waals surface area contributed by atoms with Crippen LogP contribution in [0.3, 0.4) is 0 Å². The van der Waals surface area contributed by atoms with Gasteiger partial charge in [-0.15, -0.1) is 0 Å². The first-order valence-corrected chi connectivity index (χ1v) is 8.37. The predicted molar refractivity (Wildman–Crippen MR) is 85.3 cm³/mol. The summed E-state index contributed by atoms with van der Waals surface area (Å²) in [5.74, 6) is 0. The van der Waals surface area contributed by atoms with Gasteiger partial charge in [0.05, 0.1) is 39.0 Å². The molecule has 4 bridgehead atoms. The van der Waals surface area contributed by atoms with Gasteiger partial charge >= 0.3 is 0 Å². The highest BCUT2D eigenvalue weighted by atomic mass is 16.6. The van der Waals surface area contributed by atoms with Crippen molar-refractivity contribution in [2.75, 3.05) is 32.8 Å². The summed E-state index contributed by atoms with van der Waals surface area (Å²) in [6, 6.07) is 0. The standard InChI is InChI=1S/C14H24N4O8/c1-12(2)13(17(23)24)4-15-6-14(12,18(25)26)7-16(5-13)11(15)10(22)9(21)8(20)3-19/h8-11,19-22H,3-7H2,1-2H3/t8-,9+,10+,11?,13?,14?/m0/s1. The minimum Gasteiger partial charge on any atom is -0.394 e. The van der Waals surface area contributed by atoms with E-state index in [0.717, 1.165) is 0 Å². The lowest BCUT2D eigenvalue weighted by atomic mass is 9.53. The van der Waals surface area contributed by atoms with Gasteiger partial charge in [-0.2, -0.15) is 0 Å². The predicted octanol–water partition coefficient (Wildman–Crippen LogP) is -2.91. The van der Waals surface area contributed by atoms with E-state index >= 15 is 0 Å². The molecule has 4 heterocycles. The summed E-state index contributed by atoms with van der Waals surface area (Å²) in [5.41, 5.74) is -4.40. The molecule has 0 aliphatic carbocycles. The molecule has 0 spiro atoms. The van der Waals surface area contributed by atoms with Crippen LogP contribution in [0.15, 0.2) is 0 Å². The van der Waals surface area contributed by atoms with Crippen LogP contribution >= 0.6 is 0 Å². The lowest BCUT2D eigenvalue weighted by Crippen LogP contribution is -2.91. The third kappa shape index (κ3) is 2.11. The molecule has 4 fully saturated rings. The van der Waals surface area contributed by atoms with Crippen molar-refractivity contribution in [2.45, 2.75) is 49.4 Å². The zero-order chi connectivity index (χ0) is 19.7. The molecule has 148 valence electrons. The quantitative estimate of drug-likeness (QED) is 0.278. The summed E-state index contributed by atoms with van der Waals surface area (Å²) < 4.78 is 0. The second-order valence-electron chi connectivity index (χ2n) is 8.16. The van der Waals surface area contributed by atoms with Gasteiger partial charge in [0.15, 0.2) is 0 Å². The SMILES string of the molecule is CC1(C)C2([N+](=O)[O-])CN3CC1([N+](=O)[O-])CN(C2)C3[C@H](O)[C@H](O)[C@@H](O)CO. The molecule has 0 aromatic heterocycles. The van der Waals surface area contributed by atoms with Crippen molar-refractivity contribution in [2.24, 2.45) is 5.41 Å². The Morgan fingerprint density at radius 3 is 1.69 bits per heavy atom. The minimum atomic E-state index is -1.69. The molecular formula is C14H24N4O8. The minimum absolute atomic E-state index is 0.108. The van der Waals surface area contributed by atoms with Crippen molar-refractivity contribution < 1.29 is 30.3 Å². The smallest absolute Gasteiger partial charge is 0.259 e. The van der Waals surface area contributed by atoms with Crippen LogP contribution in [-0.2, 0) is 0 Å². The van der Waals surface area contributed by atoms with E-state index in [4.69, 9.17) is 5.11 Å². The van der Waals surface area contributed by atoms with Crippen LogP contribution < -0.4 is 0 Å². The Kier molecular flexibility index (Phi) is 4.29. The van der Waals surface area contributed by atoms with Crippen molar-refractivity contribution in [3.05, 3.63) is 20.2 Å². The van der Waals surface area contributed by atoms with E-state index in [1.165, 1.54) is 9.80 Å². The third-order valence-corrected chi connectivity index (χ3v) is 6.87. The second kappa shape index (κ2) is 5.78. The van der Waals surface area contributed by atoms with Gasteiger partial charge in [-0.3, -0.25) is 30.0 Å². The lowest BCUT2D eigenvalue weighted by molar-refractivity contribution is -0.679. The first-order valence-electron chi connectivity index (χ1n) is 8.37. The Labute approximate surface area is 148 Å². The molecule has 4 saturated heterocycles. The Balaban J connectivity index is 2.02. The van der Waals surface area contributed by atoms with Crippen molar-refractivity contribution in [1.29, 1.82) is 0 Å². The molecule has 4 N–H and O–H groups in total. The Bertz CT molecular complexity index is 576. The van der Waals surface area contributed by atoms with Crippen LogP contribution in [0.1, 0.15) is 13.8 Å². The van der Waals surface area contributed by atoms with Crippen LogP contribution in [-0.4, -0.2) is 108 Å². The summed E-state index contributed by atoms with van der Waals surface area (Å²) in [4.78, 5) is 25.8. The Morgan fingerprint density at radius 2 is 1.38 bits per heavy atom. The molecule has 0 aromatic rings. The van der Waals surface area contributed by atoms with Crippen LogP contribution in [0.2, 0.25) is 0 Å². The van der Waals surface area contributed by atoms with Crippen LogP contribution in [0, 0.1) is 25.6 Å². The maximum Gasteiger partial charge on any atom is 0.259 e. The molecule has 3 atom stereocenters. The molecule has 12 heteroatoms. The van der Waals surface area contributed by atoms with Crippen LogP contribution in [0.4, 0.5) is 0 Å². The molecule has 0 radical (unpaired) electrons. The third-order valence-electron chi connectivity index (χ3n) is 6.87. The van der Waals surface area contributed by atoms with Gasteiger partial charge < -0.3 is 20.4 Å².